The average molecular weight is 326 g/mol. The molecule has 1 fully saturated rings. The van der Waals surface area contributed by atoms with E-state index in [1.807, 2.05) is 30.1 Å². The first-order chi connectivity index (χ1) is 10.2. The van der Waals surface area contributed by atoms with Gasteiger partial charge in [0, 0.05) is 39.0 Å². The molecule has 0 spiro atoms. The third-order valence-electron chi connectivity index (χ3n) is 3.63. The Balaban J connectivity index is 0.00000242. The maximum atomic E-state index is 11.6. The van der Waals surface area contributed by atoms with Crippen molar-refractivity contribution in [3.63, 3.8) is 0 Å². The maximum absolute atomic E-state index is 11.6. The molecule has 2 amide bonds. The largest absolute Gasteiger partial charge is 0.352 e. The van der Waals surface area contributed by atoms with E-state index in [-0.39, 0.29) is 24.2 Å². The van der Waals surface area contributed by atoms with Gasteiger partial charge in [-0.15, -0.1) is 12.4 Å². The fraction of sp³-hybridized carbons (Fsp3) is 0.500. The average Bonchev–Trinajstić information content (AvgIpc) is 2.88. The highest BCUT2D eigenvalue weighted by molar-refractivity contribution is 5.85. The van der Waals surface area contributed by atoms with Gasteiger partial charge in [-0.3, -0.25) is 9.59 Å². The van der Waals surface area contributed by atoms with Crippen molar-refractivity contribution in [2.75, 3.05) is 20.1 Å². The molecule has 0 atom stereocenters. The summed E-state index contributed by atoms with van der Waals surface area (Å²) in [6.45, 7) is 2.73. The molecule has 6 heteroatoms. The van der Waals surface area contributed by atoms with Crippen LogP contribution in [0.3, 0.4) is 0 Å². The minimum atomic E-state index is 0. The maximum Gasteiger partial charge on any atom is 0.222 e. The predicted molar refractivity (Wildman–Crippen MR) is 88.7 cm³/mol. The van der Waals surface area contributed by atoms with Gasteiger partial charge in [0.25, 0.3) is 0 Å². The van der Waals surface area contributed by atoms with Crippen LogP contribution in [-0.2, 0) is 22.7 Å². The van der Waals surface area contributed by atoms with E-state index in [0.717, 1.165) is 24.1 Å². The van der Waals surface area contributed by atoms with Crippen LogP contribution in [0.15, 0.2) is 24.3 Å². The van der Waals surface area contributed by atoms with Crippen LogP contribution in [0.4, 0.5) is 0 Å². The van der Waals surface area contributed by atoms with Gasteiger partial charge in [-0.2, -0.15) is 0 Å². The van der Waals surface area contributed by atoms with Gasteiger partial charge in [0.1, 0.15) is 0 Å². The van der Waals surface area contributed by atoms with Gasteiger partial charge in [-0.1, -0.05) is 24.3 Å². The number of nitrogens with one attached hydrogen (secondary N) is 2. The molecule has 5 nitrogen and oxygen atoms in total. The molecule has 0 aromatic heterocycles. The van der Waals surface area contributed by atoms with Crippen molar-refractivity contribution in [1.82, 2.24) is 15.5 Å². The molecule has 22 heavy (non-hydrogen) atoms. The molecular formula is C16H24ClN3O2. The van der Waals surface area contributed by atoms with E-state index in [4.69, 9.17) is 0 Å². The molecule has 0 unspecified atom stereocenters. The lowest BCUT2D eigenvalue weighted by atomic mass is 10.1. The fourth-order valence-corrected chi connectivity index (χ4v) is 2.46. The molecule has 0 aliphatic carbocycles. The van der Waals surface area contributed by atoms with Gasteiger partial charge in [0.2, 0.25) is 11.8 Å². The molecule has 1 heterocycles. The summed E-state index contributed by atoms with van der Waals surface area (Å²) in [5, 5.41) is 5.86. The van der Waals surface area contributed by atoms with Crippen LogP contribution < -0.4 is 10.6 Å². The number of likely N-dealkylation sites (tertiary alicyclic amines) is 1. The second kappa shape index (κ2) is 9.43. The zero-order chi connectivity index (χ0) is 15.1. The first-order valence-corrected chi connectivity index (χ1v) is 7.46. The summed E-state index contributed by atoms with van der Waals surface area (Å²) in [6, 6.07) is 8.06. The van der Waals surface area contributed by atoms with E-state index in [1.165, 1.54) is 0 Å². The van der Waals surface area contributed by atoms with E-state index >= 15 is 0 Å². The van der Waals surface area contributed by atoms with E-state index in [9.17, 15) is 9.59 Å². The van der Waals surface area contributed by atoms with Crippen molar-refractivity contribution < 1.29 is 9.59 Å². The highest BCUT2D eigenvalue weighted by Crippen LogP contribution is 2.15. The highest BCUT2D eigenvalue weighted by atomic mass is 35.5. The fourth-order valence-electron chi connectivity index (χ4n) is 2.46. The molecule has 1 aromatic rings. The Morgan fingerprint density at radius 2 is 2.09 bits per heavy atom. The SMILES string of the molecule is CNCCC(=O)NCc1cccc(CN2CCCC2=O)c1.Cl. The Kier molecular flexibility index (Phi) is 7.91. The molecule has 2 N–H and O–H groups in total. The van der Waals surface area contributed by atoms with Crippen LogP contribution >= 0.6 is 12.4 Å². The zero-order valence-electron chi connectivity index (χ0n) is 12.9. The monoisotopic (exact) mass is 325 g/mol. The second-order valence-electron chi connectivity index (χ2n) is 5.37. The lowest BCUT2D eigenvalue weighted by Crippen LogP contribution is -2.26. The van der Waals surface area contributed by atoms with Gasteiger partial charge in [0.05, 0.1) is 0 Å². The predicted octanol–water partition coefficient (Wildman–Crippen LogP) is 1.46. The lowest BCUT2D eigenvalue weighted by molar-refractivity contribution is -0.128. The molecular weight excluding hydrogens is 302 g/mol. The van der Waals surface area contributed by atoms with Crippen molar-refractivity contribution in [2.24, 2.45) is 0 Å². The van der Waals surface area contributed by atoms with E-state index in [1.54, 1.807) is 0 Å². The number of hydrogen-bond acceptors (Lipinski definition) is 3. The molecule has 1 aliphatic heterocycles. The zero-order valence-corrected chi connectivity index (χ0v) is 13.7. The van der Waals surface area contributed by atoms with Crippen LogP contribution in [0, 0.1) is 0 Å². The number of hydrogen-bond donors (Lipinski definition) is 2. The van der Waals surface area contributed by atoms with Crippen molar-refractivity contribution in [1.29, 1.82) is 0 Å². The van der Waals surface area contributed by atoms with Gasteiger partial charge >= 0.3 is 0 Å². The Morgan fingerprint density at radius 1 is 1.32 bits per heavy atom. The summed E-state index contributed by atoms with van der Waals surface area (Å²) >= 11 is 0. The van der Waals surface area contributed by atoms with Crippen LogP contribution in [0.1, 0.15) is 30.4 Å². The summed E-state index contributed by atoms with van der Waals surface area (Å²) in [5.74, 6) is 0.283. The van der Waals surface area contributed by atoms with Crippen LogP contribution in [0.25, 0.3) is 0 Å². The van der Waals surface area contributed by atoms with E-state index < -0.39 is 0 Å². The Bertz CT molecular complexity index is 508. The highest BCUT2D eigenvalue weighted by Gasteiger charge is 2.19. The molecule has 0 radical (unpaired) electrons. The normalized spacial score (nSPS) is 13.9. The van der Waals surface area contributed by atoms with Crippen molar-refractivity contribution in [2.45, 2.75) is 32.4 Å². The number of halogens is 1. The van der Waals surface area contributed by atoms with Crippen molar-refractivity contribution in [3.05, 3.63) is 35.4 Å². The van der Waals surface area contributed by atoms with Crippen LogP contribution in [0.5, 0.6) is 0 Å². The number of rotatable bonds is 7. The molecule has 122 valence electrons. The quantitative estimate of drug-likeness (QED) is 0.798. The second-order valence-corrected chi connectivity index (χ2v) is 5.37. The summed E-state index contributed by atoms with van der Waals surface area (Å²) < 4.78 is 0. The number of carbonyl (C=O) groups excluding carboxylic acids is 2. The smallest absolute Gasteiger partial charge is 0.222 e. The first kappa shape index (κ1) is 18.5. The minimum Gasteiger partial charge on any atom is -0.352 e. The summed E-state index contributed by atoms with van der Waals surface area (Å²) in [6.07, 6.45) is 2.11. The van der Waals surface area contributed by atoms with Crippen LogP contribution in [-0.4, -0.2) is 36.9 Å². The standard InChI is InChI=1S/C16H23N3O2.ClH/c1-17-8-7-15(20)18-11-13-4-2-5-14(10-13)12-19-9-3-6-16(19)21;/h2,4-5,10,17H,3,6-9,11-12H2,1H3,(H,18,20);1H. The van der Waals surface area contributed by atoms with Gasteiger partial charge < -0.3 is 15.5 Å². The summed E-state index contributed by atoms with van der Waals surface area (Å²) in [7, 11) is 1.83. The molecule has 2 rings (SSSR count). The Labute approximate surface area is 137 Å². The van der Waals surface area contributed by atoms with Crippen molar-refractivity contribution >= 4 is 24.2 Å². The molecule has 1 aromatic carbocycles. The van der Waals surface area contributed by atoms with Crippen molar-refractivity contribution in [3.8, 4) is 0 Å². The Hall–Kier alpha value is -1.59. The minimum absolute atomic E-state index is 0. The molecule has 0 saturated carbocycles. The molecule has 0 bridgehead atoms. The van der Waals surface area contributed by atoms with E-state index in [0.29, 0.717) is 32.5 Å². The number of amides is 2. The number of nitrogens with zero attached hydrogens (tertiary/aromatic N) is 1. The van der Waals surface area contributed by atoms with Gasteiger partial charge in [-0.25, -0.2) is 0 Å². The van der Waals surface area contributed by atoms with Gasteiger partial charge in [0.15, 0.2) is 0 Å². The number of benzene rings is 1. The summed E-state index contributed by atoms with van der Waals surface area (Å²) in [4.78, 5) is 25.1. The van der Waals surface area contributed by atoms with Crippen LogP contribution in [0.2, 0.25) is 0 Å². The van der Waals surface area contributed by atoms with Gasteiger partial charge in [-0.05, 0) is 24.6 Å². The number of carbonyl (C=O) groups is 2. The third-order valence-corrected chi connectivity index (χ3v) is 3.63. The Morgan fingerprint density at radius 3 is 2.77 bits per heavy atom. The summed E-state index contributed by atoms with van der Waals surface area (Å²) in [5.41, 5.74) is 2.18. The first-order valence-electron chi connectivity index (χ1n) is 7.46. The lowest BCUT2D eigenvalue weighted by Gasteiger charge is -2.16. The van der Waals surface area contributed by atoms with E-state index in [2.05, 4.69) is 16.7 Å². The molecule has 1 aliphatic rings. The third kappa shape index (κ3) is 5.66. The topological polar surface area (TPSA) is 61.4 Å². The molecule has 1 saturated heterocycles.